The van der Waals surface area contributed by atoms with Gasteiger partial charge in [-0.2, -0.15) is 0 Å². The summed E-state index contributed by atoms with van der Waals surface area (Å²) in [4.78, 5) is 26.9. The molecule has 1 aliphatic rings. The van der Waals surface area contributed by atoms with Crippen molar-refractivity contribution in [2.24, 2.45) is 5.92 Å². The van der Waals surface area contributed by atoms with Gasteiger partial charge in [-0.15, -0.1) is 0 Å². The highest BCUT2D eigenvalue weighted by molar-refractivity contribution is 6.34. The third-order valence-corrected chi connectivity index (χ3v) is 7.22. The summed E-state index contributed by atoms with van der Waals surface area (Å²) in [6.07, 6.45) is 4.09. The zero-order valence-electron chi connectivity index (χ0n) is 22.3. The average Bonchev–Trinajstić information content (AvgIpc) is 3.37. The summed E-state index contributed by atoms with van der Waals surface area (Å²) in [5, 5.41) is 6.81. The van der Waals surface area contributed by atoms with Crippen molar-refractivity contribution in [3.63, 3.8) is 0 Å². The van der Waals surface area contributed by atoms with Crippen LogP contribution in [0.15, 0.2) is 59.0 Å². The maximum absolute atomic E-state index is 12.4. The minimum absolute atomic E-state index is 0.0383. The van der Waals surface area contributed by atoms with Gasteiger partial charge in [-0.1, -0.05) is 49.2 Å². The molecule has 7 nitrogen and oxygen atoms in total. The average molecular weight is 573 g/mol. The number of amides is 2. The number of ether oxygens (including phenoxy) is 1. The highest BCUT2D eigenvalue weighted by Crippen LogP contribution is 2.31. The Labute approximate surface area is 239 Å². The molecule has 9 heteroatoms. The van der Waals surface area contributed by atoms with Gasteiger partial charge in [0.1, 0.15) is 5.75 Å². The van der Waals surface area contributed by atoms with Crippen LogP contribution in [0.25, 0.3) is 0 Å². The summed E-state index contributed by atoms with van der Waals surface area (Å²) in [7, 11) is 0. The van der Waals surface area contributed by atoms with Crippen molar-refractivity contribution in [1.29, 1.82) is 0 Å². The van der Waals surface area contributed by atoms with Gasteiger partial charge in [-0.25, -0.2) is 0 Å². The molecule has 1 fully saturated rings. The second-order valence-corrected chi connectivity index (χ2v) is 11.0. The van der Waals surface area contributed by atoms with Gasteiger partial charge in [0.05, 0.1) is 0 Å². The largest absolute Gasteiger partial charge is 0.426 e. The number of rotatable bonds is 11. The van der Waals surface area contributed by atoms with Crippen molar-refractivity contribution in [2.45, 2.75) is 45.4 Å². The zero-order chi connectivity index (χ0) is 27.8. The molecule has 2 aromatic carbocycles. The maximum Gasteiger partial charge on any atom is 0.290 e. The standard InChI is InChI=1S/C30H35Cl2N3O4/c1-20(2)29(36)34-25-7-5-6-22(16-25)21-10-14-35(15-11-21)13-4-3-12-33-30(37)27-8-9-28(39-27)38-26-18-23(31)17-24(32)19-26/h5-9,16-21H,3-4,10-15H2,1-2H3,(H,33,37)(H,34,36). The first kappa shape index (κ1) is 29.0. The third kappa shape index (κ3) is 8.75. The topological polar surface area (TPSA) is 83.8 Å². The van der Waals surface area contributed by atoms with Crippen LogP contribution in [0.1, 0.15) is 61.6 Å². The summed E-state index contributed by atoms with van der Waals surface area (Å²) < 4.78 is 11.1. The summed E-state index contributed by atoms with van der Waals surface area (Å²) >= 11 is 12.0. The van der Waals surface area contributed by atoms with Gasteiger partial charge in [-0.05, 0) is 93.2 Å². The normalized spacial score (nSPS) is 14.4. The maximum atomic E-state index is 12.4. The first-order valence-corrected chi connectivity index (χ1v) is 14.2. The molecule has 1 saturated heterocycles. The molecular weight excluding hydrogens is 537 g/mol. The van der Waals surface area contributed by atoms with E-state index in [1.54, 1.807) is 30.3 Å². The van der Waals surface area contributed by atoms with Crippen LogP contribution in [0.5, 0.6) is 11.7 Å². The fourth-order valence-corrected chi connectivity index (χ4v) is 5.10. The molecule has 3 aromatic rings. The number of carbonyl (C=O) groups excluding carboxylic acids is 2. The summed E-state index contributed by atoms with van der Waals surface area (Å²) in [6.45, 7) is 7.47. The van der Waals surface area contributed by atoms with Crippen LogP contribution in [0.3, 0.4) is 0 Å². The summed E-state index contributed by atoms with van der Waals surface area (Å²) in [5.41, 5.74) is 2.17. The second kappa shape index (κ2) is 13.9. The monoisotopic (exact) mass is 571 g/mol. The SMILES string of the molecule is CC(C)C(=O)Nc1cccc(C2CCN(CCCCNC(=O)c3ccc(Oc4cc(Cl)cc(Cl)c4)o3)CC2)c1. The molecule has 0 radical (unpaired) electrons. The molecule has 1 aromatic heterocycles. The van der Waals surface area contributed by atoms with E-state index in [9.17, 15) is 9.59 Å². The predicted molar refractivity (Wildman–Crippen MR) is 155 cm³/mol. The van der Waals surface area contributed by atoms with Crippen LogP contribution in [-0.2, 0) is 4.79 Å². The number of furan rings is 1. The second-order valence-electron chi connectivity index (χ2n) is 10.2. The number of piperidine rings is 1. The molecule has 2 amide bonds. The number of nitrogens with zero attached hydrogens (tertiary/aromatic N) is 1. The van der Waals surface area contributed by atoms with Crippen molar-refractivity contribution < 1.29 is 18.7 Å². The molecule has 0 saturated carbocycles. The quantitative estimate of drug-likeness (QED) is 0.235. The van der Waals surface area contributed by atoms with Crippen molar-refractivity contribution in [1.82, 2.24) is 10.2 Å². The Kier molecular flexibility index (Phi) is 10.3. The van der Waals surface area contributed by atoms with E-state index in [1.165, 1.54) is 5.56 Å². The van der Waals surface area contributed by atoms with Crippen LogP contribution in [0.2, 0.25) is 10.0 Å². The van der Waals surface area contributed by atoms with Gasteiger partial charge in [0, 0.05) is 34.3 Å². The summed E-state index contributed by atoms with van der Waals surface area (Å²) in [5.74, 6) is 1.05. The number of anilines is 1. The molecule has 2 heterocycles. The van der Waals surface area contributed by atoms with Crippen molar-refractivity contribution >= 4 is 40.7 Å². The van der Waals surface area contributed by atoms with Gasteiger partial charge in [0.25, 0.3) is 11.9 Å². The Bertz CT molecular complexity index is 1250. The van der Waals surface area contributed by atoms with E-state index in [4.69, 9.17) is 32.4 Å². The fraction of sp³-hybridized carbons (Fsp3) is 0.400. The number of carbonyl (C=O) groups is 2. The van der Waals surface area contributed by atoms with E-state index >= 15 is 0 Å². The molecule has 39 heavy (non-hydrogen) atoms. The number of hydrogen-bond donors (Lipinski definition) is 2. The molecule has 0 atom stereocenters. The molecule has 0 spiro atoms. The van der Waals surface area contributed by atoms with Crippen LogP contribution in [0.4, 0.5) is 5.69 Å². The van der Waals surface area contributed by atoms with E-state index in [2.05, 4.69) is 27.7 Å². The highest BCUT2D eigenvalue weighted by Gasteiger charge is 2.21. The van der Waals surface area contributed by atoms with Crippen molar-refractivity contribution in [3.8, 4) is 11.7 Å². The van der Waals surface area contributed by atoms with Gasteiger partial charge < -0.3 is 24.7 Å². The number of likely N-dealkylation sites (tertiary alicyclic amines) is 1. The van der Waals surface area contributed by atoms with Gasteiger partial charge in [0.2, 0.25) is 5.91 Å². The molecule has 208 valence electrons. The smallest absolute Gasteiger partial charge is 0.290 e. The van der Waals surface area contributed by atoms with E-state index in [0.29, 0.717) is 28.3 Å². The minimum Gasteiger partial charge on any atom is -0.426 e. The van der Waals surface area contributed by atoms with E-state index in [-0.39, 0.29) is 29.4 Å². The Morgan fingerprint density at radius 2 is 1.77 bits per heavy atom. The fourth-order valence-electron chi connectivity index (χ4n) is 4.60. The van der Waals surface area contributed by atoms with Crippen molar-refractivity contribution in [2.75, 3.05) is 31.5 Å². The Morgan fingerprint density at radius 1 is 1.03 bits per heavy atom. The minimum atomic E-state index is -0.276. The predicted octanol–water partition coefficient (Wildman–Crippen LogP) is 7.36. The molecule has 0 unspecified atom stereocenters. The molecular formula is C30H35Cl2N3O4. The lowest BCUT2D eigenvalue weighted by atomic mass is 9.89. The van der Waals surface area contributed by atoms with Gasteiger partial charge >= 0.3 is 0 Å². The number of halogens is 2. The third-order valence-electron chi connectivity index (χ3n) is 6.78. The van der Waals surface area contributed by atoms with E-state index < -0.39 is 0 Å². The molecule has 0 aliphatic carbocycles. The van der Waals surface area contributed by atoms with Crippen LogP contribution in [0, 0.1) is 5.92 Å². The Morgan fingerprint density at radius 3 is 2.49 bits per heavy atom. The Hall–Kier alpha value is -3.00. The lowest BCUT2D eigenvalue weighted by molar-refractivity contribution is -0.118. The Balaban J connectivity index is 1.13. The van der Waals surface area contributed by atoms with Crippen LogP contribution < -0.4 is 15.4 Å². The number of hydrogen-bond acceptors (Lipinski definition) is 5. The lowest BCUT2D eigenvalue weighted by Crippen LogP contribution is -2.34. The van der Waals surface area contributed by atoms with E-state index in [1.807, 2.05) is 26.0 Å². The van der Waals surface area contributed by atoms with Gasteiger partial charge in [0.15, 0.2) is 5.76 Å². The molecule has 0 bridgehead atoms. The molecule has 2 N–H and O–H groups in total. The van der Waals surface area contributed by atoms with Crippen LogP contribution in [-0.4, -0.2) is 42.9 Å². The first-order chi connectivity index (χ1) is 18.8. The summed E-state index contributed by atoms with van der Waals surface area (Å²) in [6, 6.07) is 16.3. The molecule has 4 rings (SSSR count). The first-order valence-electron chi connectivity index (χ1n) is 13.4. The van der Waals surface area contributed by atoms with Crippen molar-refractivity contribution in [3.05, 3.63) is 76.0 Å². The number of benzene rings is 2. The van der Waals surface area contributed by atoms with E-state index in [0.717, 1.165) is 51.0 Å². The highest BCUT2D eigenvalue weighted by atomic mass is 35.5. The number of nitrogens with one attached hydrogen (secondary N) is 2. The molecule has 1 aliphatic heterocycles. The van der Waals surface area contributed by atoms with Gasteiger partial charge in [-0.3, -0.25) is 9.59 Å². The lowest BCUT2D eigenvalue weighted by Gasteiger charge is -2.32. The van der Waals surface area contributed by atoms with Crippen LogP contribution >= 0.6 is 23.2 Å². The number of unbranched alkanes of at least 4 members (excludes halogenated alkanes) is 1. The zero-order valence-corrected chi connectivity index (χ0v) is 23.9.